The molecule has 0 amide bonds. The molecule has 0 atom stereocenters. The van der Waals surface area contributed by atoms with Crippen LogP contribution in [0.15, 0.2) is 22.7 Å². The van der Waals surface area contributed by atoms with Crippen LogP contribution in [0.5, 0.6) is 0 Å². The Kier molecular flexibility index (Phi) is 4.29. The second-order valence-corrected chi connectivity index (χ2v) is 4.19. The van der Waals surface area contributed by atoms with E-state index < -0.39 is 0 Å². The van der Waals surface area contributed by atoms with Crippen LogP contribution in [0.2, 0.25) is 0 Å². The van der Waals surface area contributed by atoms with Gasteiger partial charge in [-0.15, -0.1) is 0 Å². The Hall–Kier alpha value is -0.670. The Morgan fingerprint density at radius 2 is 2.21 bits per heavy atom. The fourth-order valence-electron chi connectivity index (χ4n) is 1.29. The summed E-state index contributed by atoms with van der Waals surface area (Å²) >= 11 is 3.36. The predicted octanol–water partition coefficient (Wildman–Crippen LogP) is 2.68. The molecular weight excluding hydrogens is 242 g/mol. The molecule has 0 bridgehead atoms. The monoisotopic (exact) mass is 255 g/mol. The van der Waals surface area contributed by atoms with Gasteiger partial charge in [-0.3, -0.25) is 4.79 Å². The highest BCUT2D eigenvalue weighted by Gasteiger charge is 2.08. The molecule has 3 heteroatoms. The summed E-state index contributed by atoms with van der Waals surface area (Å²) in [6, 6.07) is 5.75. The molecular formula is C11H14BrNO. The number of carbonyl (C=O) groups excluding carboxylic acids is 1. The van der Waals surface area contributed by atoms with E-state index in [9.17, 15) is 4.79 Å². The fraction of sp³-hybridized carbons (Fsp3) is 0.364. The maximum Gasteiger partial charge on any atom is 0.163 e. The van der Waals surface area contributed by atoms with Gasteiger partial charge in [0.2, 0.25) is 0 Å². The third-order valence-electron chi connectivity index (χ3n) is 2.11. The number of nitrogens with two attached hydrogens (primary N) is 1. The molecule has 1 aromatic rings. The Morgan fingerprint density at radius 3 is 2.86 bits per heavy atom. The summed E-state index contributed by atoms with van der Waals surface area (Å²) in [7, 11) is 0. The van der Waals surface area contributed by atoms with E-state index in [4.69, 9.17) is 5.73 Å². The maximum atomic E-state index is 11.7. The Balaban J connectivity index is 2.83. The predicted molar refractivity (Wildman–Crippen MR) is 61.5 cm³/mol. The van der Waals surface area contributed by atoms with Crippen LogP contribution >= 0.6 is 15.9 Å². The molecule has 1 rings (SSSR count). The lowest BCUT2D eigenvalue weighted by molar-refractivity contribution is 0.0980. The summed E-state index contributed by atoms with van der Waals surface area (Å²) in [5.74, 6) is 0.175. The number of ketones is 1. The number of hydrogen-bond acceptors (Lipinski definition) is 2. The molecule has 0 aromatic heterocycles. The van der Waals surface area contributed by atoms with E-state index in [0.717, 1.165) is 22.0 Å². The minimum absolute atomic E-state index is 0.175. The topological polar surface area (TPSA) is 43.1 Å². The standard InChI is InChI=1S/C11H14BrNO/c1-8-4-5-9(12)7-10(8)11(14)3-2-6-13/h4-5,7H,2-3,6,13H2,1H3. The highest BCUT2D eigenvalue weighted by Crippen LogP contribution is 2.17. The maximum absolute atomic E-state index is 11.7. The smallest absolute Gasteiger partial charge is 0.163 e. The number of Topliss-reactive ketones (excluding diaryl/α,β-unsaturated/α-hetero) is 1. The van der Waals surface area contributed by atoms with Crippen LogP contribution in [-0.2, 0) is 0 Å². The van der Waals surface area contributed by atoms with Gasteiger partial charge in [0.15, 0.2) is 5.78 Å². The molecule has 0 saturated heterocycles. The Morgan fingerprint density at radius 1 is 1.50 bits per heavy atom. The van der Waals surface area contributed by atoms with Crippen molar-refractivity contribution in [2.75, 3.05) is 6.54 Å². The molecule has 14 heavy (non-hydrogen) atoms. The van der Waals surface area contributed by atoms with Crippen molar-refractivity contribution in [3.8, 4) is 0 Å². The van der Waals surface area contributed by atoms with Gasteiger partial charge in [-0.1, -0.05) is 22.0 Å². The quantitative estimate of drug-likeness (QED) is 0.841. The normalized spacial score (nSPS) is 10.2. The van der Waals surface area contributed by atoms with Gasteiger partial charge in [-0.05, 0) is 37.6 Å². The summed E-state index contributed by atoms with van der Waals surface area (Å²) in [5.41, 5.74) is 7.18. The lowest BCUT2D eigenvalue weighted by atomic mass is 10.0. The first-order valence-corrected chi connectivity index (χ1v) is 5.44. The minimum Gasteiger partial charge on any atom is -0.330 e. The third kappa shape index (κ3) is 2.93. The summed E-state index contributed by atoms with van der Waals surface area (Å²) in [6.45, 7) is 2.51. The summed E-state index contributed by atoms with van der Waals surface area (Å²) in [6.07, 6.45) is 1.29. The zero-order chi connectivity index (χ0) is 10.6. The van der Waals surface area contributed by atoms with Crippen molar-refractivity contribution in [2.45, 2.75) is 19.8 Å². The highest BCUT2D eigenvalue weighted by atomic mass is 79.9. The van der Waals surface area contributed by atoms with Gasteiger partial charge in [-0.25, -0.2) is 0 Å². The largest absolute Gasteiger partial charge is 0.330 e. The van der Waals surface area contributed by atoms with Gasteiger partial charge in [0.25, 0.3) is 0 Å². The van der Waals surface area contributed by atoms with E-state index in [2.05, 4.69) is 15.9 Å². The molecule has 0 aliphatic heterocycles. The summed E-state index contributed by atoms with van der Waals surface area (Å²) in [5, 5.41) is 0. The van der Waals surface area contributed by atoms with Gasteiger partial charge in [0.1, 0.15) is 0 Å². The molecule has 2 nitrogen and oxygen atoms in total. The number of rotatable bonds is 4. The second kappa shape index (κ2) is 5.27. The van der Waals surface area contributed by atoms with Crippen molar-refractivity contribution < 1.29 is 4.79 Å². The van der Waals surface area contributed by atoms with Gasteiger partial charge in [-0.2, -0.15) is 0 Å². The molecule has 0 unspecified atom stereocenters. The number of hydrogen-bond donors (Lipinski definition) is 1. The third-order valence-corrected chi connectivity index (χ3v) is 2.60. The van der Waals surface area contributed by atoms with E-state index >= 15 is 0 Å². The lowest BCUT2D eigenvalue weighted by Gasteiger charge is -2.04. The number of halogens is 1. The first-order chi connectivity index (χ1) is 6.65. The molecule has 0 heterocycles. The molecule has 0 radical (unpaired) electrons. The van der Waals surface area contributed by atoms with Gasteiger partial charge >= 0.3 is 0 Å². The van der Waals surface area contributed by atoms with Crippen LogP contribution in [0, 0.1) is 6.92 Å². The molecule has 0 aliphatic rings. The first kappa shape index (κ1) is 11.4. The average Bonchev–Trinajstić information content (AvgIpc) is 2.18. The summed E-state index contributed by atoms with van der Waals surface area (Å²) in [4.78, 5) is 11.7. The van der Waals surface area contributed by atoms with E-state index in [1.165, 1.54) is 0 Å². The SMILES string of the molecule is Cc1ccc(Br)cc1C(=O)CCCN. The molecule has 76 valence electrons. The Labute approximate surface area is 92.6 Å². The van der Waals surface area contributed by atoms with Crippen LogP contribution in [0.1, 0.15) is 28.8 Å². The van der Waals surface area contributed by atoms with Gasteiger partial charge < -0.3 is 5.73 Å². The zero-order valence-electron chi connectivity index (χ0n) is 8.22. The molecule has 2 N–H and O–H groups in total. The van der Waals surface area contributed by atoms with Gasteiger partial charge in [0, 0.05) is 16.5 Å². The molecule has 0 aliphatic carbocycles. The van der Waals surface area contributed by atoms with Crippen molar-refractivity contribution in [3.05, 3.63) is 33.8 Å². The zero-order valence-corrected chi connectivity index (χ0v) is 9.80. The Bertz CT molecular complexity index is 336. The van der Waals surface area contributed by atoms with Crippen LogP contribution in [0.4, 0.5) is 0 Å². The van der Waals surface area contributed by atoms with Crippen molar-refractivity contribution in [1.29, 1.82) is 0 Å². The fourth-order valence-corrected chi connectivity index (χ4v) is 1.65. The number of benzene rings is 1. The number of carbonyl (C=O) groups is 1. The molecule has 1 aromatic carbocycles. The van der Waals surface area contributed by atoms with Crippen LogP contribution in [0.25, 0.3) is 0 Å². The van der Waals surface area contributed by atoms with E-state index in [1.807, 2.05) is 25.1 Å². The van der Waals surface area contributed by atoms with Crippen molar-refractivity contribution in [3.63, 3.8) is 0 Å². The molecule has 0 spiro atoms. The average molecular weight is 256 g/mol. The van der Waals surface area contributed by atoms with E-state index in [-0.39, 0.29) is 5.78 Å². The van der Waals surface area contributed by atoms with Crippen molar-refractivity contribution >= 4 is 21.7 Å². The minimum atomic E-state index is 0.175. The second-order valence-electron chi connectivity index (χ2n) is 3.27. The lowest BCUT2D eigenvalue weighted by Crippen LogP contribution is -2.06. The molecule has 0 fully saturated rings. The first-order valence-electron chi connectivity index (χ1n) is 4.64. The highest BCUT2D eigenvalue weighted by molar-refractivity contribution is 9.10. The molecule has 0 saturated carbocycles. The van der Waals surface area contributed by atoms with Crippen LogP contribution in [-0.4, -0.2) is 12.3 Å². The summed E-state index contributed by atoms with van der Waals surface area (Å²) < 4.78 is 0.944. The van der Waals surface area contributed by atoms with E-state index in [0.29, 0.717) is 13.0 Å². The van der Waals surface area contributed by atoms with Gasteiger partial charge in [0.05, 0.1) is 0 Å². The van der Waals surface area contributed by atoms with Crippen LogP contribution in [0.3, 0.4) is 0 Å². The van der Waals surface area contributed by atoms with Crippen molar-refractivity contribution in [1.82, 2.24) is 0 Å². The van der Waals surface area contributed by atoms with Crippen molar-refractivity contribution in [2.24, 2.45) is 5.73 Å². The van der Waals surface area contributed by atoms with Crippen LogP contribution < -0.4 is 5.73 Å². The van der Waals surface area contributed by atoms with E-state index in [1.54, 1.807) is 0 Å². The number of aryl methyl sites for hydroxylation is 1.